The van der Waals surface area contributed by atoms with Crippen LogP contribution >= 0.6 is 0 Å². The quantitative estimate of drug-likeness (QED) is 0.698. The Balaban J connectivity index is 0. The number of benzene rings is 1. The summed E-state index contributed by atoms with van der Waals surface area (Å²) in [6.45, 7) is 5.88. The van der Waals surface area contributed by atoms with Crippen molar-refractivity contribution in [3.63, 3.8) is 0 Å². The van der Waals surface area contributed by atoms with Crippen LogP contribution in [0, 0.1) is 13.8 Å². The van der Waals surface area contributed by atoms with Gasteiger partial charge in [0.2, 0.25) is 0 Å². The van der Waals surface area contributed by atoms with Gasteiger partial charge in [0.1, 0.15) is 0 Å². The molecular formula is C9H11Y2-. The molecule has 0 saturated carbocycles. The molecule has 0 heterocycles. The minimum Gasteiger partial charge on any atom is -0.339 e. The van der Waals surface area contributed by atoms with Gasteiger partial charge in [-0.15, -0.1) is 0 Å². The smallest absolute Gasteiger partial charge is 0 e. The molecule has 0 spiro atoms. The monoisotopic (exact) mass is 297 g/mol. The molecule has 1 aromatic carbocycles. The zero-order valence-corrected chi connectivity index (χ0v) is 12.6. The third kappa shape index (κ3) is 5.63. The Kier molecular flexibility index (Phi) is 10.9. The van der Waals surface area contributed by atoms with E-state index in [0.717, 1.165) is 6.42 Å². The molecule has 54 valence electrons. The number of hydrogen-bond donors (Lipinski definition) is 0. The minimum atomic E-state index is 0. The summed E-state index contributed by atoms with van der Waals surface area (Å²) in [5, 5.41) is 0. The molecule has 1 rings (SSSR count). The second-order valence-corrected chi connectivity index (χ2v) is 2.24. The molecule has 0 aromatic heterocycles. The SMILES string of the molecule is [CH2-]Cc1ccc(C)cc1.[Y].[Y]. The van der Waals surface area contributed by atoms with Crippen molar-refractivity contribution >= 4 is 0 Å². The summed E-state index contributed by atoms with van der Waals surface area (Å²) in [5.41, 5.74) is 2.62. The van der Waals surface area contributed by atoms with Crippen LogP contribution in [0.4, 0.5) is 0 Å². The normalized spacial score (nSPS) is 7.82. The molecule has 0 fully saturated rings. The van der Waals surface area contributed by atoms with Crippen molar-refractivity contribution in [2.24, 2.45) is 0 Å². The molecule has 0 aliphatic rings. The summed E-state index contributed by atoms with van der Waals surface area (Å²) in [4.78, 5) is 0. The van der Waals surface area contributed by atoms with Crippen molar-refractivity contribution in [3.05, 3.63) is 42.3 Å². The van der Waals surface area contributed by atoms with Gasteiger partial charge in [-0.25, -0.2) is 0 Å². The van der Waals surface area contributed by atoms with Crippen molar-refractivity contribution in [2.75, 3.05) is 0 Å². The standard InChI is InChI=1S/C9H11.2Y/c1-3-9-6-4-8(2)5-7-9;;/h4-7H,1,3H2,2H3;;/q-1;;. The van der Waals surface area contributed by atoms with E-state index in [2.05, 4.69) is 38.1 Å². The Morgan fingerprint density at radius 3 is 1.91 bits per heavy atom. The summed E-state index contributed by atoms with van der Waals surface area (Å²) >= 11 is 0. The van der Waals surface area contributed by atoms with Crippen molar-refractivity contribution in [1.82, 2.24) is 0 Å². The molecular weight excluding hydrogens is 286 g/mol. The van der Waals surface area contributed by atoms with E-state index in [1.165, 1.54) is 11.1 Å². The third-order valence-electron chi connectivity index (χ3n) is 1.41. The molecule has 0 aliphatic heterocycles. The van der Waals surface area contributed by atoms with E-state index in [1.807, 2.05) is 0 Å². The van der Waals surface area contributed by atoms with Crippen LogP contribution in [0.1, 0.15) is 11.1 Å². The molecule has 2 heteroatoms. The van der Waals surface area contributed by atoms with E-state index in [-0.39, 0.29) is 65.4 Å². The van der Waals surface area contributed by atoms with Crippen molar-refractivity contribution in [2.45, 2.75) is 13.3 Å². The Bertz CT molecular complexity index is 179. The van der Waals surface area contributed by atoms with Crippen LogP contribution in [0.3, 0.4) is 0 Å². The first-order chi connectivity index (χ1) is 4.33. The first-order valence-corrected chi connectivity index (χ1v) is 3.17. The second-order valence-electron chi connectivity index (χ2n) is 2.24. The Morgan fingerprint density at radius 2 is 1.55 bits per heavy atom. The number of rotatable bonds is 1. The zero-order valence-electron chi connectivity index (χ0n) is 6.88. The Hall–Kier alpha value is 1.43. The Morgan fingerprint density at radius 1 is 1.09 bits per heavy atom. The maximum atomic E-state index is 3.79. The van der Waals surface area contributed by atoms with Gasteiger partial charge in [-0.2, -0.15) is 6.42 Å². The van der Waals surface area contributed by atoms with Gasteiger partial charge in [0, 0.05) is 65.4 Å². The molecule has 11 heavy (non-hydrogen) atoms. The molecule has 0 aliphatic carbocycles. The van der Waals surface area contributed by atoms with Crippen molar-refractivity contribution in [1.29, 1.82) is 0 Å². The maximum Gasteiger partial charge on any atom is 0 e. The van der Waals surface area contributed by atoms with Gasteiger partial charge in [0.15, 0.2) is 0 Å². The fourth-order valence-electron chi connectivity index (χ4n) is 0.755. The van der Waals surface area contributed by atoms with Crippen molar-refractivity contribution < 1.29 is 65.4 Å². The number of aryl methyl sites for hydroxylation is 1. The molecule has 0 nitrogen and oxygen atoms in total. The first-order valence-electron chi connectivity index (χ1n) is 3.17. The van der Waals surface area contributed by atoms with Crippen LogP contribution in [0.15, 0.2) is 24.3 Å². The fraction of sp³-hybridized carbons (Fsp3) is 0.222. The summed E-state index contributed by atoms with van der Waals surface area (Å²) in [6, 6.07) is 8.45. The van der Waals surface area contributed by atoms with Crippen LogP contribution < -0.4 is 0 Å². The summed E-state index contributed by atoms with van der Waals surface area (Å²) in [7, 11) is 0. The van der Waals surface area contributed by atoms with Crippen LogP contribution in [0.25, 0.3) is 0 Å². The average Bonchev–Trinajstić information content (AvgIpc) is 1.90. The first kappa shape index (κ1) is 14.9. The number of hydrogen-bond acceptors (Lipinski definition) is 0. The topological polar surface area (TPSA) is 0 Å². The van der Waals surface area contributed by atoms with Crippen LogP contribution in [-0.2, 0) is 71.8 Å². The van der Waals surface area contributed by atoms with Crippen LogP contribution in [0.5, 0.6) is 0 Å². The van der Waals surface area contributed by atoms with Gasteiger partial charge in [-0.1, -0.05) is 35.4 Å². The molecule has 2 radical (unpaired) electrons. The Labute approximate surface area is 119 Å². The van der Waals surface area contributed by atoms with Gasteiger partial charge in [-0.05, 0) is 6.92 Å². The molecule has 0 bridgehead atoms. The average molecular weight is 297 g/mol. The fourth-order valence-corrected chi connectivity index (χ4v) is 0.755. The van der Waals surface area contributed by atoms with E-state index in [9.17, 15) is 0 Å². The molecule has 0 atom stereocenters. The van der Waals surface area contributed by atoms with E-state index < -0.39 is 0 Å². The van der Waals surface area contributed by atoms with E-state index >= 15 is 0 Å². The minimum absolute atomic E-state index is 0. The molecule has 0 unspecified atom stereocenters. The van der Waals surface area contributed by atoms with Crippen molar-refractivity contribution in [3.8, 4) is 0 Å². The van der Waals surface area contributed by atoms with Gasteiger partial charge in [0.05, 0.1) is 0 Å². The van der Waals surface area contributed by atoms with E-state index in [1.54, 1.807) is 0 Å². The summed E-state index contributed by atoms with van der Waals surface area (Å²) in [6.07, 6.45) is 0.889. The maximum absolute atomic E-state index is 3.79. The van der Waals surface area contributed by atoms with Gasteiger partial charge < -0.3 is 6.92 Å². The molecule has 1 aromatic rings. The van der Waals surface area contributed by atoms with E-state index in [4.69, 9.17) is 0 Å². The predicted octanol–water partition coefficient (Wildman–Crippen LogP) is 2.37. The molecule has 0 amide bonds. The largest absolute Gasteiger partial charge is 0.339 e. The summed E-state index contributed by atoms with van der Waals surface area (Å²) in [5.74, 6) is 0. The van der Waals surface area contributed by atoms with Gasteiger partial charge in [0.25, 0.3) is 0 Å². The predicted molar refractivity (Wildman–Crippen MR) is 40.2 cm³/mol. The van der Waals surface area contributed by atoms with Gasteiger partial charge in [-0.3, -0.25) is 0 Å². The third-order valence-corrected chi connectivity index (χ3v) is 1.41. The zero-order chi connectivity index (χ0) is 6.69. The van der Waals surface area contributed by atoms with Crippen LogP contribution in [-0.4, -0.2) is 0 Å². The second kappa shape index (κ2) is 8.05. The molecule has 0 saturated heterocycles. The van der Waals surface area contributed by atoms with Gasteiger partial charge >= 0.3 is 0 Å². The van der Waals surface area contributed by atoms with Crippen LogP contribution in [0.2, 0.25) is 0 Å². The molecule has 0 N–H and O–H groups in total. The summed E-state index contributed by atoms with van der Waals surface area (Å²) < 4.78 is 0. The van der Waals surface area contributed by atoms with E-state index in [0.29, 0.717) is 0 Å².